The van der Waals surface area contributed by atoms with Crippen LogP contribution in [0.4, 0.5) is 0 Å². The van der Waals surface area contributed by atoms with E-state index >= 15 is 0 Å². The molecule has 2 N–H and O–H groups in total. The van der Waals surface area contributed by atoms with Gasteiger partial charge in [-0.15, -0.1) is 0 Å². The Balaban J connectivity index is 2.01. The number of pyridine rings is 1. The number of amides is 1. The first-order valence-electron chi connectivity index (χ1n) is 5.78. The average molecular weight is 291 g/mol. The number of rotatable bonds is 4. The fourth-order valence-electron chi connectivity index (χ4n) is 1.58. The summed E-state index contributed by atoms with van der Waals surface area (Å²) in [7, 11) is 0. The first-order chi connectivity index (χ1) is 9.56. The van der Waals surface area contributed by atoms with Crippen LogP contribution in [0.25, 0.3) is 0 Å². The number of carboxylic acids is 1. The molecule has 0 aliphatic rings. The van der Waals surface area contributed by atoms with E-state index < -0.39 is 5.97 Å². The summed E-state index contributed by atoms with van der Waals surface area (Å²) in [6.07, 6.45) is 1.40. The zero-order valence-electron chi connectivity index (χ0n) is 10.3. The molecule has 0 saturated heterocycles. The van der Waals surface area contributed by atoms with Gasteiger partial charge in [-0.05, 0) is 36.4 Å². The van der Waals surface area contributed by atoms with Gasteiger partial charge in [0.05, 0.1) is 17.8 Å². The minimum absolute atomic E-state index is 0.135. The maximum Gasteiger partial charge on any atom is 0.335 e. The normalized spacial score (nSPS) is 10.1. The molecule has 20 heavy (non-hydrogen) atoms. The Morgan fingerprint density at radius 1 is 1.15 bits per heavy atom. The zero-order chi connectivity index (χ0) is 14.5. The molecule has 0 fully saturated rings. The van der Waals surface area contributed by atoms with Crippen molar-refractivity contribution < 1.29 is 14.7 Å². The van der Waals surface area contributed by atoms with E-state index in [4.69, 9.17) is 16.7 Å². The molecule has 0 radical (unpaired) electrons. The molecule has 0 aliphatic heterocycles. The third kappa shape index (κ3) is 3.55. The van der Waals surface area contributed by atoms with Crippen LogP contribution >= 0.6 is 11.6 Å². The van der Waals surface area contributed by atoms with Crippen molar-refractivity contribution in [2.75, 3.05) is 0 Å². The van der Waals surface area contributed by atoms with Crippen LogP contribution in [0.2, 0.25) is 5.02 Å². The third-order valence-electron chi connectivity index (χ3n) is 2.60. The number of nitrogens with zero attached hydrogens (tertiary/aromatic N) is 1. The molecule has 0 spiro atoms. The summed E-state index contributed by atoms with van der Waals surface area (Å²) in [5.74, 6) is -1.30. The number of carbonyl (C=O) groups excluding carboxylic acids is 1. The molecule has 1 aromatic heterocycles. The minimum atomic E-state index is -1.03. The van der Waals surface area contributed by atoms with Gasteiger partial charge in [-0.2, -0.15) is 0 Å². The summed E-state index contributed by atoms with van der Waals surface area (Å²) < 4.78 is 0. The predicted octanol–water partition coefficient (Wildman–Crippen LogP) is 2.36. The number of halogens is 1. The van der Waals surface area contributed by atoms with Crippen molar-refractivity contribution in [3.8, 4) is 0 Å². The summed E-state index contributed by atoms with van der Waals surface area (Å²) in [4.78, 5) is 26.7. The highest BCUT2D eigenvalue weighted by molar-refractivity contribution is 6.30. The second-order valence-electron chi connectivity index (χ2n) is 4.03. The number of carboxylic acid groups (broad SMARTS) is 1. The molecule has 2 rings (SSSR count). The smallest absolute Gasteiger partial charge is 0.335 e. The van der Waals surface area contributed by atoms with Crippen molar-refractivity contribution in [1.29, 1.82) is 0 Å². The van der Waals surface area contributed by atoms with Crippen molar-refractivity contribution >= 4 is 23.5 Å². The summed E-state index contributed by atoms with van der Waals surface area (Å²) in [6, 6.07) is 9.29. The summed E-state index contributed by atoms with van der Waals surface area (Å²) >= 11 is 5.74. The van der Waals surface area contributed by atoms with Gasteiger partial charge in [-0.25, -0.2) is 4.79 Å². The molecule has 2 aromatic rings. The lowest BCUT2D eigenvalue weighted by atomic mass is 10.2. The first-order valence-corrected chi connectivity index (χ1v) is 6.16. The average Bonchev–Trinajstić information content (AvgIpc) is 2.46. The van der Waals surface area contributed by atoms with Gasteiger partial charge in [0.15, 0.2) is 0 Å². The van der Waals surface area contributed by atoms with E-state index in [-0.39, 0.29) is 18.0 Å². The number of aromatic carboxylic acids is 1. The number of benzene rings is 1. The summed E-state index contributed by atoms with van der Waals surface area (Å²) in [5.41, 5.74) is 1.09. The van der Waals surface area contributed by atoms with Crippen LogP contribution in [-0.2, 0) is 6.54 Å². The fraction of sp³-hybridized carbons (Fsp3) is 0.0714. The van der Waals surface area contributed by atoms with Crippen molar-refractivity contribution in [3.63, 3.8) is 0 Å². The van der Waals surface area contributed by atoms with Crippen LogP contribution in [0.3, 0.4) is 0 Å². The number of aromatic nitrogens is 1. The highest BCUT2D eigenvalue weighted by Gasteiger charge is 2.07. The highest BCUT2D eigenvalue weighted by atomic mass is 35.5. The Bertz CT molecular complexity index is 641. The maximum absolute atomic E-state index is 11.8. The molecule has 0 bridgehead atoms. The van der Waals surface area contributed by atoms with Crippen molar-refractivity contribution in [3.05, 3.63) is 64.4 Å². The molecule has 5 nitrogen and oxygen atoms in total. The molecule has 1 aromatic carbocycles. The molecule has 1 heterocycles. The van der Waals surface area contributed by atoms with Gasteiger partial charge in [-0.3, -0.25) is 9.78 Å². The molecule has 0 unspecified atom stereocenters. The van der Waals surface area contributed by atoms with Gasteiger partial charge in [0.25, 0.3) is 5.91 Å². The summed E-state index contributed by atoms with van der Waals surface area (Å²) in [5, 5.41) is 12.1. The molecule has 102 valence electrons. The summed E-state index contributed by atoms with van der Waals surface area (Å²) in [6.45, 7) is 0.155. The van der Waals surface area contributed by atoms with Gasteiger partial charge in [0.1, 0.15) is 0 Å². The van der Waals surface area contributed by atoms with E-state index in [9.17, 15) is 9.59 Å². The molecule has 0 aliphatic carbocycles. The van der Waals surface area contributed by atoms with E-state index in [0.717, 1.165) is 0 Å². The molecular weight excluding hydrogens is 280 g/mol. The van der Waals surface area contributed by atoms with Crippen LogP contribution in [0.1, 0.15) is 26.4 Å². The van der Waals surface area contributed by atoms with Gasteiger partial charge in [0.2, 0.25) is 0 Å². The quantitative estimate of drug-likeness (QED) is 0.906. The van der Waals surface area contributed by atoms with E-state index in [2.05, 4.69) is 10.3 Å². The second-order valence-corrected chi connectivity index (χ2v) is 4.47. The lowest BCUT2D eigenvalue weighted by Crippen LogP contribution is -2.23. The van der Waals surface area contributed by atoms with Crippen molar-refractivity contribution in [1.82, 2.24) is 10.3 Å². The van der Waals surface area contributed by atoms with Gasteiger partial charge in [-0.1, -0.05) is 11.6 Å². The number of hydrogen-bond donors (Lipinski definition) is 2. The Morgan fingerprint density at radius 3 is 2.50 bits per heavy atom. The molecule has 6 heteroatoms. The third-order valence-corrected chi connectivity index (χ3v) is 2.85. The van der Waals surface area contributed by atoms with Crippen LogP contribution < -0.4 is 5.32 Å². The first kappa shape index (κ1) is 14.0. The zero-order valence-corrected chi connectivity index (χ0v) is 11.1. The number of hydrogen-bond acceptors (Lipinski definition) is 3. The topological polar surface area (TPSA) is 79.3 Å². The van der Waals surface area contributed by atoms with Crippen LogP contribution in [0.15, 0.2) is 42.6 Å². The highest BCUT2D eigenvalue weighted by Crippen LogP contribution is 2.09. The van der Waals surface area contributed by atoms with E-state index in [1.807, 2.05) is 0 Å². The molecule has 0 saturated carbocycles. The second kappa shape index (κ2) is 6.16. The number of nitrogens with one attached hydrogen (secondary N) is 1. The van der Waals surface area contributed by atoms with E-state index in [1.165, 1.54) is 18.3 Å². The fourth-order valence-corrected chi connectivity index (χ4v) is 1.71. The Hall–Kier alpha value is -2.40. The van der Waals surface area contributed by atoms with Crippen molar-refractivity contribution in [2.45, 2.75) is 6.54 Å². The van der Waals surface area contributed by atoms with Crippen LogP contribution in [0.5, 0.6) is 0 Å². The van der Waals surface area contributed by atoms with Gasteiger partial charge >= 0.3 is 5.97 Å². The lowest BCUT2D eigenvalue weighted by Gasteiger charge is -2.05. The Labute approximate surface area is 120 Å². The Morgan fingerprint density at radius 2 is 1.85 bits per heavy atom. The monoisotopic (exact) mass is 290 g/mol. The molecule has 1 amide bonds. The predicted molar refractivity (Wildman–Crippen MR) is 73.8 cm³/mol. The van der Waals surface area contributed by atoms with E-state index in [0.29, 0.717) is 16.3 Å². The maximum atomic E-state index is 11.8. The SMILES string of the molecule is O=C(O)c1ccnc(CNC(=O)c2ccc(Cl)cc2)c1. The lowest BCUT2D eigenvalue weighted by molar-refractivity contribution is 0.0696. The number of carbonyl (C=O) groups is 2. The van der Waals surface area contributed by atoms with Crippen molar-refractivity contribution in [2.24, 2.45) is 0 Å². The Kier molecular flexibility index (Phi) is 4.32. The molecule has 0 atom stereocenters. The van der Waals surface area contributed by atoms with E-state index in [1.54, 1.807) is 24.3 Å². The molecular formula is C14H11ClN2O3. The van der Waals surface area contributed by atoms with Gasteiger partial charge < -0.3 is 10.4 Å². The largest absolute Gasteiger partial charge is 0.478 e. The van der Waals surface area contributed by atoms with Crippen LogP contribution in [-0.4, -0.2) is 22.0 Å². The van der Waals surface area contributed by atoms with Gasteiger partial charge in [0, 0.05) is 16.8 Å². The van der Waals surface area contributed by atoms with Crippen LogP contribution in [0, 0.1) is 0 Å². The standard InChI is InChI=1S/C14H11ClN2O3/c15-11-3-1-9(2-4-11)13(18)17-8-12-7-10(14(19)20)5-6-16-12/h1-7H,8H2,(H,17,18)(H,19,20). The minimum Gasteiger partial charge on any atom is -0.478 e.